The van der Waals surface area contributed by atoms with Crippen molar-refractivity contribution in [3.05, 3.63) is 57.5 Å². The molecular weight excluding hydrogens is 444 g/mol. The van der Waals surface area contributed by atoms with Gasteiger partial charge in [-0.25, -0.2) is 9.78 Å². The Hall–Kier alpha value is -3.20. The van der Waals surface area contributed by atoms with Gasteiger partial charge in [0.2, 0.25) is 0 Å². The Balaban J connectivity index is 1.40. The van der Waals surface area contributed by atoms with Gasteiger partial charge >= 0.3 is 11.9 Å². The molecule has 0 bridgehead atoms. The van der Waals surface area contributed by atoms with Crippen LogP contribution in [0.1, 0.15) is 47.3 Å². The van der Waals surface area contributed by atoms with E-state index in [0.29, 0.717) is 26.4 Å². The summed E-state index contributed by atoms with van der Waals surface area (Å²) in [6.45, 7) is 1.77. The fourth-order valence-corrected chi connectivity index (χ4v) is 4.92. The van der Waals surface area contributed by atoms with E-state index in [2.05, 4.69) is 4.98 Å². The Morgan fingerprint density at radius 2 is 1.88 bits per heavy atom. The highest BCUT2D eigenvalue weighted by Crippen LogP contribution is 2.27. The SMILES string of the molecule is Cc1c(C(=O)OCCOc2ccccc2)sc2ncn(CC(=O)OC3CCCCC3)c(=O)c12. The van der Waals surface area contributed by atoms with E-state index in [0.717, 1.165) is 43.4 Å². The third-order valence-electron chi connectivity index (χ3n) is 5.58. The smallest absolute Gasteiger partial charge is 0.348 e. The molecule has 3 aromatic rings. The molecule has 4 rings (SSSR count). The van der Waals surface area contributed by atoms with Crippen LogP contribution in [0.4, 0.5) is 0 Å². The summed E-state index contributed by atoms with van der Waals surface area (Å²) in [5.41, 5.74) is 0.122. The number of aromatic nitrogens is 2. The van der Waals surface area contributed by atoms with Crippen molar-refractivity contribution >= 4 is 33.5 Å². The molecular formula is C24H26N2O6S. The number of fused-ring (bicyclic) bond motifs is 1. The summed E-state index contributed by atoms with van der Waals surface area (Å²) >= 11 is 1.10. The van der Waals surface area contributed by atoms with Crippen molar-refractivity contribution in [3.8, 4) is 5.75 Å². The molecule has 0 unspecified atom stereocenters. The summed E-state index contributed by atoms with van der Waals surface area (Å²) in [6, 6.07) is 9.24. The molecule has 1 aromatic carbocycles. The lowest BCUT2D eigenvalue weighted by molar-refractivity contribution is -0.151. The zero-order valence-corrected chi connectivity index (χ0v) is 19.3. The highest BCUT2D eigenvalue weighted by Gasteiger charge is 2.22. The van der Waals surface area contributed by atoms with Gasteiger partial charge in [0, 0.05) is 0 Å². The maximum atomic E-state index is 13.0. The minimum Gasteiger partial charge on any atom is -0.490 e. The first-order valence-electron chi connectivity index (χ1n) is 11.1. The number of ether oxygens (including phenoxy) is 3. The Morgan fingerprint density at radius 3 is 2.64 bits per heavy atom. The first-order valence-corrected chi connectivity index (χ1v) is 11.9. The van der Waals surface area contributed by atoms with Gasteiger partial charge in [0.1, 0.15) is 41.3 Å². The van der Waals surface area contributed by atoms with Crippen LogP contribution in [0.2, 0.25) is 0 Å². The van der Waals surface area contributed by atoms with E-state index in [1.165, 1.54) is 10.9 Å². The van der Waals surface area contributed by atoms with E-state index >= 15 is 0 Å². The number of aryl methyl sites for hydroxylation is 1. The van der Waals surface area contributed by atoms with Crippen molar-refractivity contribution in [2.75, 3.05) is 13.2 Å². The van der Waals surface area contributed by atoms with Crippen LogP contribution in [0.25, 0.3) is 10.2 Å². The van der Waals surface area contributed by atoms with Gasteiger partial charge < -0.3 is 14.2 Å². The van der Waals surface area contributed by atoms with E-state index in [1.54, 1.807) is 6.92 Å². The fourth-order valence-electron chi connectivity index (χ4n) is 3.89. The number of carbonyl (C=O) groups is 2. The second-order valence-electron chi connectivity index (χ2n) is 7.96. The third kappa shape index (κ3) is 5.60. The predicted molar refractivity (Wildman–Crippen MR) is 124 cm³/mol. The summed E-state index contributed by atoms with van der Waals surface area (Å²) in [6.07, 6.45) is 6.25. The summed E-state index contributed by atoms with van der Waals surface area (Å²) in [4.78, 5) is 42.9. The first-order chi connectivity index (χ1) is 16.0. The average molecular weight is 471 g/mol. The van der Waals surface area contributed by atoms with Gasteiger partial charge in [-0.3, -0.25) is 14.2 Å². The van der Waals surface area contributed by atoms with Gasteiger partial charge in [0.25, 0.3) is 5.56 Å². The topological polar surface area (TPSA) is 96.7 Å². The fraction of sp³-hybridized carbons (Fsp3) is 0.417. The van der Waals surface area contributed by atoms with Crippen LogP contribution in [-0.4, -0.2) is 40.8 Å². The Morgan fingerprint density at radius 1 is 1.12 bits per heavy atom. The molecule has 1 fully saturated rings. The van der Waals surface area contributed by atoms with E-state index < -0.39 is 11.9 Å². The molecule has 8 nitrogen and oxygen atoms in total. The summed E-state index contributed by atoms with van der Waals surface area (Å²) in [5.74, 6) is -0.288. The van der Waals surface area contributed by atoms with Gasteiger partial charge in [-0.1, -0.05) is 24.6 Å². The van der Waals surface area contributed by atoms with E-state index in [-0.39, 0.29) is 31.4 Å². The molecule has 0 N–H and O–H groups in total. The lowest BCUT2D eigenvalue weighted by Crippen LogP contribution is -2.29. The molecule has 0 amide bonds. The van der Waals surface area contributed by atoms with Crippen LogP contribution >= 0.6 is 11.3 Å². The molecule has 0 radical (unpaired) electrons. The zero-order chi connectivity index (χ0) is 23.2. The number of para-hydroxylation sites is 1. The molecule has 174 valence electrons. The Kier molecular flexibility index (Phi) is 7.39. The first kappa shape index (κ1) is 23.0. The number of carbonyl (C=O) groups excluding carboxylic acids is 2. The molecule has 2 heterocycles. The molecule has 0 saturated heterocycles. The van der Waals surface area contributed by atoms with Gasteiger partial charge in [0.15, 0.2) is 0 Å². The highest BCUT2D eigenvalue weighted by atomic mass is 32.1. The van der Waals surface area contributed by atoms with Gasteiger partial charge in [-0.2, -0.15) is 0 Å². The number of hydrogen-bond donors (Lipinski definition) is 0. The lowest BCUT2D eigenvalue weighted by atomic mass is 9.98. The summed E-state index contributed by atoms with van der Waals surface area (Å²) < 4.78 is 17.6. The van der Waals surface area contributed by atoms with Gasteiger partial charge in [-0.15, -0.1) is 11.3 Å². The Bertz CT molecular complexity index is 1180. The van der Waals surface area contributed by atoms with Crippen molar-refractivity contribution in [2.45, 2.75) is 51.7 Å². The number of thiophene rings is 1. The largest absolute Gasteiger partial charge is 0.490 e. The van der Waals surface area contributed by atoms with Crippen LogP contribution in [0.3, 0.4) is 0 Å². The van der Waals surface area contributed by atoms with Crippen molar-refractivity contribution in [1.29, 1.82) is 0 Å². The Labute approximate surface area is 195 Å². The van der Waals surface area contributed by atoms with Crippen molar-refractivity contribution in [3.63, 3.8) is 0 Å². The van der Waals surface area contributed by atoms with Crippen LogP contribution in [0.5, 0.6) is 5.75 Å². The molecule has 9 heteroatoms. The van der Waals surface area contributed by atoms with Crippen molar-refractivity contribution in [1.82, 2.24) is 9.55 Å². The zero-order valence-electron chi connectivity index (χ0n) is 18.5. The van der Waals surface area contributed by atoms with Crippen molar-refractivity contribution < 1.29 is 23.8 Å². The molecule has 0 aliphatic heterocycles. The number of esters is 2. The molecule has 33 heavy (non-hydrogen) atoms. The van der Waals surface area contributed by atoms with Gasteiger partial charge in [-0.05, 0) is 50.3 Å². The van der Waals surface area contributed by atoms with Crippen LogP contribution < -0.4 is 10.3 Å². The van der Waals surface area contributed by atoms with Gasteiger partial charge in [0.05, 0.1) is 11.7 Å². The second kappa shape index (κ2) is 10.6. The maximum absolute atomic E-state index is 13.0. The monoisotopic (exact) mass is 470 g/mol. The van der Waals surface area contributed by atoms with E-state index in [1.807, 2.05) is 30.3 Å². The van der Waals surface area contributed by atoms with Crippen LogP contribution in [0, 0.1) is 6.92 Å². The molecule has 2 aromatic heterocycles. The quantitative estimate of drug-likeness (QED) is 0.364. The standard InChI is InChI=1S/C24H26N2O6S/c1-16-20-22(33-21(16)24(29)31-13-12-30-17-8-4-2-5-9-17)25-15-26(23(20)28)14-19(27)32-18-10-6-3-7-11-18/h2,4-5,8-9,15,18H,3,6-7,10-14H2,1H3. The molecule has 0 spiro atoms. The summed E-state index contributed by atoms with van der Waals surface area (Å²) in [5, 5.41) is 0.320. The second-order valence-corrected chi connectivity index (χ2v) is 8.96. The van der Waals surface area contributed by atoms with E-state index in [9.17, 15) is 14.4 Å². The minimum atomic E-state index is -0.533. The highest BCUT2D eigenvalue weighted by molar-refractivity contribution is 7.20. The van der Waals surface area contributed by atoms with Crippen LogP contribution in [-0.2, 0) is 20.8 Å². The molecule has 0 atom stereocenters. The average Bonchev–Trinajstić information content (AvgIpc) is 3.17. The normalized spacial score (nSPS) is 14.2. The predicted octanol–water partition coefficient (Wildman–Crippen LogP) is 3.88. The number of benzene rings is 1. The van der Waals surface area contributed by atoms with Crippen LogP contribution in [0.15, 0.2) is 41.5 Å². The molecule has 1 saturated carbocycles. The minimum absolute atomic E-state index is 0.0752. The maximum Gasteiger partial charge on any atom is 0.348 e. The van der Waals surface area contributed by atoms with E-state index in [4.69, 9.17) is 14.2 Å². The van der Waals surface area contributed by atoms with Crippen molar-refractivity contribution in [2.24, 2.45) is 0 Å². The summed E-state index contributed by atoms with van der Waals surface area (Å²) in [7, 11) is 0. The number of hydrogen-bond acceptors (Lipinski definition) is 8. The number of rotatable bonds is 8. The third-order valence-corrected chi connectivity index (χ3v) is 6.76. The number of nitrogens with zero attached hydrogens (tertiary/aromatic N) is 2. The molecule has 1 aliphatic carbocycles. The lowest BCUT2D eigenvalue weighted by Gasteiger charge is -2.21. The molecule has 1 aliphatic rings.